The van der Waals surface area contributed by atoms with E-state index in [-0.39, 0.29) is 37.5 Å². The zero-order valence-electron chi connectivity index (χ0n) is 17.6. The largest absolute Gasteiger partial charge is 0.456 e. The van der Waals surface area contributed by atoms with Crippen LogP contribution in [0.1, 0.15) is 38.2 Å². The maximum Gasteiger partial charge on any atom is 0.414 e. The lowest BCUT2D eigenvalue weighted by atomic mass is 9.89. The Morgan fingerprint density at radius 2 is 1.94 bits per heavy atom. The van der Waals surface area contributed by atoms with Crippen molar-refractivity contribution in [2.75, 3.05) is 37.7 Å². The summed E-state index contributed by atoms with van der Waals surface area (Å²) in [5, 5.41) is 2.65. The van der Waals surface area contributed by atoms with Crippen molar-refractivity contribution < 1.29 is 33.0 Å². The second kappa shape index (κ2) is 9.76. The van der Waals surface area contributed by atoms with E-state index in [0.717, 1.165) is 0 Å². The maximum absolute atomic E-state index is 14.9. The molecule has 0 aromatic heterocycles. The van der Waals surface area contributed by atoms with Crippen LogP contribution in [0.25, 0.3) is 0 Å². The van der Waals surface area contributed by atoms with Crippen LogP contribution in [0, 0.1) is 5.82 Å². The van der Waals surface area contributed by atoms with Crippen molar-refractivity contribution in [2.45, 2.75) is 38.6 Å². The fourth-order valence-corrected chi connectivity index (χ4v) is 3.88. The fourth-order valence-electron chi connectivity index (χ4n) is 3.88. The standard InChI is InChI=1S/C21H26FN3O6/c1-13(26)23-10-17-11-31-21(29)25(17)16-3-4-18(19(22)9-16)15-5-7-24(8-6-15)20(28)12-30-14(2)27/h3-4,9,15,17H,5-8,10-12H2,1-2H3,(H,23,26)/t17-/m0/s1. The fraction of sp³-hybridized carbons (Fsp3) is 0.524. The van der Waals surface area contributed by atoms with E-state index in [1.807, 2.05) is 0 Å². The number of benzene rings is 1. The van der Waals surface area contributed by atoms with Gasteiger partial charge in [0.1, 0.15) is 12.4 Å². The highest BCUT2D eigenvalue weighted by molar-refractivity contribution is 5.90. The van der Waals surface area contributed by atoms with Crippen LogP contribution in [0.4, 0.5) is 14.9 Å². The summed E-state index contributed by atoms with van der Waals surface area (Å²) in [6.07, 6.45) is 0.583. The van der Waals surface area contributed by atoms with E-state index in [1.54, 1.807) is 17.0 Å². The molecule has 0 aliphatic carbocycles. The molecule has 9 nitrogen and oxygen atoms in total. The van der Waals surface area contributed by atoms with E-state index in [9.17, 15) is 23.6 Å². The van der Waals surface area contributed by atoms with Crippen molar-refractivity contribution in [3.05, 3.63) is 29.6 Å². The Labute approximate surface area is 179 Å². The van der Waals surface area contributed by atoms with Crippen molar-refractivity contribution in [2.24, 2.45) is 0 Å². The minimum absolute atomic E-state index is 0.0625. The molecule has 0 unspecified atom stereocenters. The number of carbonyl (C=O) groups excluding carboxylic acids is 4. The molecule has 1 atom stereocenters. The molecule has 1 N–H and O–H groups in total. The van der Waals surface area contributed by atoms with Gasteiger partial charge in [0, 0.05) is 33.5 Å². The third-order valence-electron chi connectivity index (χ3n) is 5.50. The summed E-state index contributed by atoms with van der Waals surface area (Å²) in [6, 6.07) is 4.23. The monoisotopic (exact) mass is 435 g/mol. The number of nitrogens with zero attached hydrogens (tertiary/aromatic N) is 2. The van der Waals surface area contributed by atoms with Gasteiger partial charge in [-0.25, -0.2) is 9.18 Å². The maximum atomic E-state index is 14.9. The van der Waals surface area contributed by atoms with Gasteiger partial charge in [-0.05, 0) is 36.5 Å². The van der Waals surface area contributed by atoms with Crippen LogP contribution in [0.2, 0.25) is 0 Å². The zero-order chi connectivity index (χ0) is 22.5. The number of cyclic esters (lactones) is 1. The minimum Gasteiger partial charge on any atom is -0.456 e. The lowest BCUT2D eigenvalue weighted by molar-refractivity contribution is -0.150. The lowest BCUT2D eigenvalue weighted by Crippen LogP contribution is -2.42. The van der Waals surface area contributed by atoms with Gasteiger partial charge in [0.25, 0.3) is 5.91 Å². The van der Waals surface area contributed by atoms with Gasteiger partial charge in [-0.15, -0.1) is 0 Å². The number of nitrogens with one attached hydrogen (secondary N) is 1. The number of halogens is 1. The molecule has 2 fully saturated rings. The Hall–Kier alpha value is -3.17. The molecule has 3 rings (SSSR count). The second-order valence-electron chi connectivity index (χ2n) is 7.68. The highest BCUT2D eigenvalue weighted by Crippen LogP contribution is 2.33. The first-order valence-corrected chi connectivity index (χ1v) is 10.2. The number of likely N-dealkylation sites (tertiary alicyclic amines) is 1. The normalized spacial score (nSPS) is 19.2. The molecule has 3 amide bonds. The van der Waals surface area contributed by atoms with Gasteiger partial charge in [-0.1, -0.05) is 6.07 Å². The summed E-state index contributed by atoms with van der Waals surface area (Å²) in [6.45, 7) is 3.56. The van der Waals surface area contributed by atoms with E-state index < -0.39 is 23.9 Å². The summed E-state index contributed by atoms with van der Waals surface area (Å²) in [4.78, 5) is 49.2. The van der Waals surface area contributed by atoms with E-state index in [0.29, 0.717) is 37.2 Å². The van der Waals surface area contributed by atoms with E-state index >= 15 is 0 Å². The topological polar surface area (TPSA) is 105 Å². The molecule has 0 saturated carbocycles. The minimum atomic E-state index is -0.581. The summed E-state index contributed by atoms with van der Waals surface area (Å²) in [5.74, 6) is -1.49. The number of carbonyl (C=O) groups is 4. The highest BCUT2D eigenvalue weighted by atomic mass is 19.1. The molecule has 1 aromatic carbocycles. The van der Waals surface area contributed by atoms with Crippen LogP contribution in [0.5, 0.6) is 0 Å². The number of rotatable bonds is 6. The number of esters is 1. The van der Waals surface area contributed by atoms with E-state index in [4.69, 9.17) is 9.47 Å². The summed E-state index contributed by atoms with van der Waals surface area (Å²) in [5.41, 5.74) is 0.898. The first kappa shape index (κ1) is 22.5. The van der Waals surface area contributed by atoms with Gasteiger partial charge in [0.2, 0.25) is 5.91 Å². The Morgan fingerprint density at radius 1 is 1.23 bits per heavy atom. The van der Waals surface area contributed by atoms with Crippen LogP contribution >= 0.6 is 0 Å². The van der Waals surface area contributed by atoms with Crippen molar-refractivity contribution in [1.82, 2.24) is 10.2 Å². The van der Waals surface area contributed by atoms with Crippen LogP contribution in [-0.4, -0.2) is 67.7 Å². The lowest BCUT2D eigenvalue weighted by Gasteiger charge is -2.32. The van der Waals surface area contributed by atoms with Gasteiger partial charge >= 0.3 is 12.1 Å². The molecule has 2 heterocycles. The number of hydrogen-bond acceptors (Lipinski definition) is 6. The smallest absolute Gasteiger partial charge is 0.414 e. The highest BCUT2D eigenvalue weighted by Gasteiger charge is 2.35. The van der Waals surface area contributed by atoms with Crippen molar-refractivity contribution in [1.29, 1.82) is 0 Å². The Balaban J connectivity index is 1.63. The average molecular weight is 435 g/mol. The molecule has 2 aliphatic heterocycles. The predicted molar refractivity (Wildman–Crippen MR) is 108 cm³/mol. The molecular formula is C21H26FN3O6. The van der Waals surface area contributed by atoms with Gasteiger partial charge in [0.05, 0.1) is 11.7 Å². The average Bonchev–Trinajstić information content (AvgIpc) is 3.11. The molecule has 31 heavy (non-hydrogen) atoms. The van der Waals surface area contributed by atoms with Gasteiger partial charge in [-0.3, -0.25) is 19.3 Å². The molecule has 1 aromatic rings. The molecule has 0 spiro atoms. The van der Waals surface area contributed by atoms with Gasteiger partial charge in [0.15, 0.2) is 6.61 Å². The summed E-state index contributed by atoms with van der Waals surface area (Å²) >= 11 is 0. The molecule has 0 bridgehead atoms. The third kappa shape index (κ3) is 5.50. The molecule has 168 valence electrons. The van der Waals surface area contributed by atoms with Crippen LogP contribution in [0.3, 0.4) is 0 Å². The Bertz CT molecular complexity index is 869. The first-order valence-electron chi connectivity index (χ1n) is 10.2. The van der Waals surface area contributed by atoms with E-state index in [1.165, 1.54) is 24.8 Å². The molecule has 10 heteroatoms. The number of ether oxygens (including phenoxy) is 2. The SMILES string of the molecule is CC(=O)NC[C@H]1COC(=O)N1c1ccc(C2CCN(C(=O)COC(C)=O)CC2)c(F)c1. The van der Waals surface area contributed by atoms with Gasteiger partial charge < -0.3 is 19.7 Å². The summed E-state index contributed by atoms with van der Waals surface area (Å²) in [7, 11) is 0. The molecule has 2 saturated heterocycles. The molecular weight excluding hydrogens is 409 g/mol. The first-order chi connectivity index (χ1) is 14.8. The van der Waals surface area contributed by atoms with Gasteiger partial charge in [-0.2, -0.15) is 0 Å². The number of amides is 3. The van der Waals surface area contributed by atoms with Crippen molar-refractivity contribution >= 4 is 29.6 Å². The molecule has 2 aliphatic rings. The second-order valence-corrected chi connectivity index (χ2v) is 7.68. The van der Waals surface area contributed by atoms with Crippen molar-refractivity contribution in [3.63, 3.8) is 0 Å². The number of piperidine rings is 1. The van der Waals surface area contributed by atoms with Crippen LogP contribution in [-0.2, 0) is 23.9 Å². The number of anilines is 1. The Kier molecular flexibility index (Phi) is 7.09. The van der Waals surface area contributed by atoms with Crippen molar-refractivity contribution in [3.8, 4) is 0 Å². The summed E-state index contributed by atoms with van der Waals surface area (Å²) < 4.78 is 24.7. The Morgan fingerprint density at radius 3 is 2.55 bits per heavy atom. The zero-order valence-corrected chi connectivity index (χ0v) is 17.6. The van der Waals surface area contributed by atoms with Crippen LogP contribution < -0.4 is 10.2 Å². The predicted octanol–water partition coefficient (Wildman–Crippen LogP) is 1.56. The third-order valence-corrected chi connectivity index (χ3v) is 5.50. The van der Waals surface area contributed by atoms with Crippen LogP contribution in [0.15, 0.2) is 18.2 Å². The molecule has 0 radical (unpaired) electrons. The van der Waals surface area contributed by atoms with E-state index in [2.05, 4.69) is 5.32 Å². The quantitative estimate of drug-likeness (QED) is 0.680. The number of hydrogen-bond donors (Lipinski definition) is 1.